The van der Waals surface area contributed by atoms with E-state index in [4.69, 9.17) is 4.42 Å². The highest BCUT2D eigenvalue weighted by molar-refractivity contribution is 5.19. The zero-order valence-electron chi connectivity index (χ0n) is 9.68. The molecule has 0 saturated carbocycles. The molecule has 0 fully saturated rings. The van der Waals surface area contributed by atoms with Gasteiger partial charge in [-0.15, -0.1) is 0 Å². The first-order valence-electron chi connectivity index (χ1n) is 5.36. The Bertz CT molecular complexity index is 276. The molecule has 1 N–H and O–H groups in total. The van der Waals surface area contributed by atoms with Crippen molar-refractivity contribution < 1.29 is 4.42 Å². The van der Waals surface area contributed by atoms with Crippen molar-refractivity contribution in [3.8, 4) is 0 Å². The van der Waals surface area contributed by atoms with Crippen LogP contribution in [0.4, 0.5) is 0 Å². The van der Waals surface area contributed by atoms with E-state index < -0.39 is 0 Å². The summed E-state index contributed by atoms with van der Waals surface area (Å²) in [5, 5.41) is 3.43. The molecule has 0 amide bonds. The van der Waals surface area contributed by atoms with Crippen LogP contribution in [-0.4, -0.2) is 6.54 Å². The van der Waals surface area contributed by atoms with E-state index in [2.05, 4.69) is 25.2 Å². The van der Waals surface area contributed by atoms with Crippen molar-refractivity contribution >= 4 is 0 Å². The van der Waals surface area contributed by atoms with Gasteiger partial charge < -0.3 is 9.73 Å². The monoisotopic (exact) mass is 195 g/mol. The third-order valence-corrected chi connectivity index (χ3v) is 2.36. The number of nitrogens with one attached hydrogen (secondary N) is 1. The van der Waals surface area contributed by atoms with Crippen molar-refractivity contribution in [3.05, 3.63) is 23.2 Å². The van der Waals surface area contributed by atoms with E-state index in [0.29, 0.717) is 0 Å². The molecular formula is C12H21NO. The molecule has 1 rings (SSSR count). The van der Waals surface area contributed by atoms with Crippen LogP contribution in [0.3, 0.4) is 0 Å². The van der Waals surface area contributed by atoms with Gasteiger partial charge in [-0.2, -0.15) is 0 Å². The summed E-state index contributed by atoms with van der Waals surface area (Å²) in [6.07, 6.45) is 1.23. The Kier molecular flexibility index (Phi) is 4.21. The lowest BCUT2D eigenvalue weighted by Crippen LogP contribution is -2.16. The minimum atomic E-state index is 0.773. The molecule has 1 aromatic rings. The van der Waals surface area contributed by atoms with Gasteiger partial charge in [-0.1, -0.05) is 13.8 Å². The number of hydrogen-bond donors (Lipinski definition) is 1. The van der Waals surface area contributed by atoms with E-state index in [0.717, 1.165) is 30.5 Å². The summed E-state index contributed by atoms with van der Waals surface area (Å²) in [4.78, 5) is 0. The average Bonchev–Trinajstić information content (AvgIpc) is 2.39. The summed E-state index contributed by atoms with van der Waals surface area (Å²) in [7, 11) is 0. The molecule has 0 atom stereocenters. The van der Waals surface area contributed by atoms with Crippen molar-refractivity contribution in [3.63, 3.8) is 0 Å². The summed E-state index contributed by atoms with van der Waals surface area (Å²) in [6.45, 7) is 10.5. The average molecular weight is 195 g/mol. The molecular weight excluding hydrogens is 174 g/mol. The zero-order valence-corrected chi connectivity index (χ0v) is 9.68. The predicted octanol–water partition coefficient (Wildman–Crippen LogP) is 3.03. The molecule has 0 radical (unpaired) electrons. The number of hydrogen-bond acceptors (Lipinski definition) is 2. The molecule has 80 valence electrons. The maximum atomic E-state index is 5.45. The van der Waals surface area contributed by atoms with Gasteiger partial charge in [-0.05, 0) is 38.8 Å². The molecule has 0 spiro atoms. The van der Waals surface area contributed by atoms with Crippen molar-refractivity contribution in [1.29, 1.82) is 0 Å². The van der Waals surface area contributed by atoms with Gasteiger partial charge in [0.1, 0.15) is 11.5 Å². The molecule has 0 aliphatic rings. The summed E-state index contributed by atoms with van der Waals surface area (Å²) >= 11 is 0. The Balaban J connectivity index is 2.28. The lowest BCUT2D eigenvalue weighted by molar-refractivity contribution is 0.495. The van der Waals surface area contributed by atoms with Crippen LogP contribution in [-0.2, 0) is 6.54 Å². The lowest BCUT2D eigenvalue weighted by Gasteiger charge is -2.05. The molecule has 1 aromatic heterocycles. The quantitative estimate of drug-likeness (QED) is 0.730. The number of furan rings is 1. The van der Waals surface area contributed by atoms with Crippen LogP contribution < -0.4 is 5.32 Å². The molecule has 2 nitrogen and oxygen atoms in total. The smallest absolute Gasteiger partial charge is 0.105 e. The number of aryl methyl sites for hydroxylation is 2. The van der Waals surface area contributed by atoms with E-state index >= 15 is 0 Å². The van der Waals surface area contributed by atoms with Crippen molar-refractivity contribution in [1.82, 2.24) is 5.32 Å². The maximum absolute atomic E-state index is 5.45. The third-order valence-electron chi connectivity index (χ3n) is 2.36. The SMILES string of the molecule is Cc1cc(CNCCC(C)C)c(C)o1. The maximum Gasteiger partial charge on any atom is 0.105 e. The summed E-state index contributed by atoms with van der Waals surface area (Å²) in [6, 6.07) is 2.11. The van der Waals surface area contributed by atoms with Crippen molar-refractivity contribution in [2.75, 3.05) is 6.54 Å². The second-order valence-electron chi connectivity index (χ2n) is 4.30. The number of rotatable bonds is 5. The van der Waals surface area contributed by atoms with E-state index in [1.54, 1.807) is 0 Å². The van der Waals surface area contributed by atoms with Gasteiger partial charge in [0.15, 0.2) is 0 Å². The van der Waals surface area contributed by atoms with Crippen LogP contribution in [0.15, 0.2) is 10.5 Å². The molecule has 0 bridgehead atoms. The minimum absolute atomic E-state index is 0.773. The highest BCUT2D eigenvalue weighted by Gasteiger charge is 2.03. The Morgan fingerprint density at radius 2 is 2.07 bits per heavy atom. The molecule has 1 heterocycles. The second-order valence-corrected chi connectivity index (χ2v) is 4.30. The van der Waals surface area contributed by atoms with Crippen LogP contribution in [0.1, 0.15) is 37.4 Å². The van der Waals surface area contributed by atoms with Crippen LogP contribution in [0.5, 0.6) is 0 Å². The van der Waals surface area contributed by atoms with E-state index in [1.165, 1.54) is 12.0 Å². The van der Waals surface area contributed by atoms with E-state index in [9.17, 15) is 0 Å². The second kappa shape index (κ2) is 5.20. The molecule has 0 saturated heterocycles. The molecule has 0 aromatic carbocycles. The first-order valence-corrected chi connectivity index (χ1v) is 5.36. The van der Waals surface area contributed by atoms with Gasteiger partial charge in [0.25, 0.3) is 0 Å². The molecule has 2 heteroatoms. The fourth-order valence-electron chi connectivity index (χ4n) is 1.47. The normalized spacial score (nSPS) is 11.2. The van der Waals surface area contributed by atoms with E-state index in [-0.39, 0.29) is 0 Å². The molecule has 0 aliphatic carbocycles. The van der Waals surface area contributed by atoms with E-state index in [1.807, 2.05) is 13.8 Å². The fourth-order valence-corrected chi connectivity index (χ4v) is 1.47. The zero-order chi connectivity index (χ0) is 10.6. The summed E-state index contributed by atoms with van der Waals surface area (Å²) in [5.41, 5.74) is 1.28. The van der Waals surface area contributed by atoms with Gasteiger partial charge in [0.2, 0.25) is 0 Å². The Labute approximate surface area is 86.7 Å². The topological polar surface area (TPSA) is 25.2 Å². The van der Waals surface area contributed by atoms with Gasteiger partial charge in [-0.3, -0.25) is 0 Å². The van der Waals surface area contributed by atoms with Crippen LogP contribution >= 0.6 is 0 Å². The van der Waals surface area contributed by atoms with Crippen molar-refractivity contribution in [2.45, 2.75) is 40.7 Å². The Morgan fingerprint density at radius 1 is 1.36 bits per heavy atom. The van der Waals surface area contributed by atoms with Crippen LogP contribution in [0, 0.1) is 19.8 Å². The minimum Gasteiger partial charge on any atom is -0.466 e. The van der Waals surface area contributed by atoms with Crippen LogP contribution in [0.25, 0.3) is 0 Å². The van der Waals surface area contributed by atoms with Gasteiger partial charge in [0.05, 0.1) is 0 Å². The van der Waals surface area contributed by atoms with Crippen molar-refractivity contribution in [2.24, 2.45) is 5.92 Å². The Morgan fingerprint density at radius 3 is 2.57 bits per heavy atom. The first kappa shape index (κ1) is 11.3. The molecule has 0 aliphatic heterocycles. The molecule has 14 heavy (non-hydrogen) atoms. The Hall–Kier alpha value is -0.760. The summed E-state index contributed by atoms with van der Waals surface area (Å²) in [5.74, 6) is 2.82. The highest BCUT2D eigenvalue weighted by atomic mass is 16.3. The predicted molar refractivity (Wildman–Crippen MR) is 59.3 cm³/mol. The molecule has 0 unspecified atom stereocenters. The van der Waals surface area contributed by atoms with Gasteiger partial charge in [0, 0.05) is 12.1 Å². The lowest BCUT2D eigenvalue weighted by atomic mass is 10.1. The standard InChI is InChI=1S/C12H21NO/c1-9(2)5-6-13-8-12-7-10(3)14-11(12)4/h7,9,13H,5-6,8H2,1-4H3. The largest absolute Gasteiger partial charge is 0.466 e. The van der Waals surface area contributed by atoms with Gasteiger partial charge >= 0.3 is 0 Å². The van der Waals surface area contributed by atoms with Crippen LogP contribution in [0.2, 0.25) is 0 Å². The highest BCUT2D eigenvalue weighted by Crippen LogP contribution is 2.13. The first-order chi connectivity index (χ1) is 6.59. The summed E-state index contributed by atoms with van der Waals surface area (Å²) < 4.78 is 5.45. The fraction of sp³-hybridized carbons (Fsp3) is 0.667. The third kappa shape index (κ3) is 3.54. The van der Waals surface area contributed by atoms with Gasteiger partial charge in [-0.25, -0.2) is 0 Å².